The van der Waals surface area contributed by atoms with Crippen LogP contribution in [0.5, 0.6) is 0 Å². The summed E-state index contributed by atoms with van der Waals surface area (Å²) in [6.07, 6.45) is 5.04. The minimum atomic E-state index is -2.98. The van der Waals surface area contributed by atoms with Crippen LogP contribution >= 0.6 is 0 Å². The molecule has 15 heteroatoms. The lowest BCUT2D eigenvalue weighted by atomic mass is 9.84. The Balaban J connectivity index is 2.47. The van der Waals surface area contributed by atoms with Gasteiger partial charge in [0.05, 0.1) is 69.0 Å². The molecule has 0 aliphatic heterocycles. The standard InChI is InChI=1S/C26H22N4O11/c31-5-6-39-7-8-40-9-10-41-13-26(38,24(36)20-3-1-18(27-14-32)11-22(20)29-16-34)25(37)21-4-2-19(28-15-33)12-23(21)30-17-35/h1-4,11-12,31,38H,5-10,13H2. The number of carbonyl (C=O) groups is 2. The molecule has 0 spiro atoms. The van der Waals surface area contributed by atoms with Crippen molar-refractivity contribution in [2.75, 3.05) is 46.2 Å². The fraction of sp³-hybridized carbons (Fsp3) is 0.308. The van der Waals surface area contributed by atoms with E-state index >= 15 is 0 Å². The summed E-state index contributed by atoms with van der Waals surface area (Å²) in [6.45, 7) is -0.822. The van der Waals surface area contributed by atoms with E-state index in [9.17, 15) is 33.9 Å². The average molecular weight is 566 g/mol. The predicted octanol–water partition coefficient (Wildman–Crippen LogP) is 1.39. The van der Waals surface area contributed by atoms with Gasteiger partial charge in [0, 0.05) is 11.1 Å². The Kier molecular flexibility index (Phi) is 13.3. The van der Waals surface area contributed by atoms with Crippen molar-refractivity contribution in [3.05, 3.63) is 47.5 Å². The van der Waals surface area contributed by atoms with E-state index in [4.69, 9.17) is 19.3 Å². The topological polar surface area (TPSA) is 220 Å². The lowest BCUT2D eigenvalue weighted by molar-refractivity contribution is -0.0345. The number of aliphatic hydroxyl groups is 2. The van der Waals surface area contributed by atoms with Crippen molar-refractivity contribution in [1.82, 2.24) is 0 Å². The van der Waals surface area contributed by atoms with Gasteiger partial charge >= 0.3 is 0 Å². The molecule has 15 nitrogen and oxygen atoms in total. The van der Waals surface area contributed by atoms with E-state index in [1.165, 1.54) is 36.5 Å². The first-order chi connectivity index (χ1) is 19.9. The number of carbonyl (C=O) groups excluding carboxylic acids is 6. The largest absolute Gasteiger partial charge is 0.394 e. The fourth-order valence-corrected chi connectivity index (χ4v) is 3.36. The lowest BCUT2D eigenvalue weighted by Gasteiger charge is -2.26. The number of ether oxygens (including phenoxy) is 3. The second kappa shape index (κ2) is 16.9. The zero-order valence-corrected chi connectivity index (χ0v) is 21.3. The third-order valence-corrected chi connectivity index (χ3v) is 5.18. The molecule has 0 aliphatic rings. The molecule has 0 aromatic heterocycles. The van der Waals surface area contributed by atoms with Crippen molar-refractivity contribution in [3.63, 3.8) is 0 Å². The van der Waals surface area contributed by atoms with Crippen LogP contribution < -0.4 is 0 Å². The van der Waals surface area contributed by atoms with E-state index in [0.29, 0.717) is 0 Å². The van der Waals surface area contributed by atoms with Gasteiger partial charge in [0.25, 0.3) is 0 Å². The van der Waals surface area contributed by atoms with E-state index in [1.54, 1.807) is 0 Å². The van der Waals surface area contributed by atoms with Gasteiger partial charge in [-0.05, 0) is 36.4 Å². The minimum Gasteiger partial charge on any atom is -0.394 e. The summed E-state index contributed by atoms with van der Waals surface area (Å²) < 4.78 is 15.7. The molecule has 41 heavy (non-hydrogen) atoms. The van der Waals surface area contributed by atoms with E-state index in [2.05, 4.69) is 20.0 Å². The Labute approximate surface area is 231 Å². The van der Waals surface area contributed by atoms with Crippen LogP contribution in [-0.4, -0.2) is 97.9 Å². The van der Waals surface area contributed by atoms with Crippen LogP contribution in [0, 0.1) is 0 Å². The monoisotopic (exact) mass is 566 g/mol. The van der Waals surface area contributed by atoms with Gasteiger partial charge in [-0.25, -0.2) is 19.2 Å². The Morgan fingerprint density at radius 1 is 0.659 bits per heavy atom. The maximum absolute atomic E-state index is 13.7. The zero-order chi connectivity index (χ0) is 30.1. The molecule has 0 fully saturated rings. The molecule has 212 valence electrons. The third kappa shape index (κ3) is 9.07. The van der Waals surface area contributed by atoms with Gasteiger partial charge < -0.3 is 24.4 Å². The van der Waals surface area contributed by atoms with Gasteiger partial charge in [0.1, 0.15) is 0 Å². The van der Waals surface area contributed by atoms with Gasteiger partial charge in [-0.2, -0.15) is 20.0 Å². The maximum Gasteiger partial charge on any atom is 0.240 e. The van der Waals surface area contributed by atoms with Crippen molar-refractivity contribution in [3.8, 4) is 0 Å². The zero-order valence-electron chi connectivity index (χ0n) is 21.3. The van der Waals surface area contributed by atoms with E-state index in [-0.39, 0.29) is 62.4 Å². The molecule has 0 aliphatic carbocycles. The number of aliphatic hydroxyl groups excluding tert-OH is 1. The summed E-state index contributed by atoms with van der Waals surface area (Å²) in [7, 11) is 0. The SMILES string of the molecule is O=C=Nc1ccc(C(=O)C(O)(COCCOCCOCCO)C(=O)c2ccc(N=C=O)cc2N=C=O)c(N=C=O)c1. The summed E-state index contributed by atoms with van der Waals surface area (Å²) in [5.74, 6) is -2.54. The highest BCUT2D eigenvalue weighted by molar-refractivity contribution is 6.25. The first-order valence-corrected chi connectivity index (χ1v) is 11.6. The number of nitrogens with zero attached hydrogens (tertiary/aromatic N) is 4. The number of isocyanates is 4. The van der Waals surface area contributed by atoms with Crippen molar-refractivity contribution < 1.29 is 53.2 Å². The third-order valence-electron chi connectivity index (χ3n) is 5.18. The van der Waals surface area contributed by atoms with Gasteiger partial charge in [-0.15, -0.1) is 0 Å². The highest BCUT2D eigenvalue weighted by Gasteiger charge is 2.46. The molecule has 2 rings (SSSR count). The molecule has 0 atom stereocenters. The van der Waals surface area contributed by atoms with E-state index in [0.717, 1.165) is 24.3 Å². The Hall–Kier alpha value is -4.90. The molecule has 0 saturated carbocycles. The summed E-state index contributed by atoms with van der Waals surface area (Å²) in [4.78, 5) is 84.1. The number of benzene rings is 2. The Bertz CT molecular complexity index is 1350. The number of Topliss-reactive ketones (excluding diaryl/α,β-unsaturated/α-hetero) is 2. The predicted molar refractivity (Wildman–Crippen MR) is 137 cm³/mol. The van der Waals surface area contributed by atoms with Crippen LogP contribution in [0.3, 0.4) is 0 Å². The molecule has 2 aromatic carbocycles. The van der Waals surface area contributed by atoms with Crippen molar-refractivity contribution in [2.45, 2.75) is 5.60 Å². The van der Waals surface area contributed by atoms with Crippen molar-refractivity contribution in [1.29, 1.82) is 0 Å². The normalized spacial score (nSPS) is 11.6. The number of rotatable bonds is 18. The van der Waals surface area contributed by atoms with Crippen LogP contribution in [0.2, 0.25) is 0 Å². The van der Waals surface area contributed by atoms with Gasteiger partial charge in [0.15, 0.2) is 0 Å². The molecule has 0 amide bonds. The first-order valence-electron chi connectivity index (χ1n) is 11.6. The highest BCUT2D eigenvalue weighted by Crippen LogP contribution is 2.33. The van der Waals surface area contributed by atoms with Gasteiger partial charge in [0.2, 0.25) is 41.5 Å². The Morgan fingerprint density at radius 2 is 1.07 bits per heavy atom. The van der Waals surface area contributed by atoms with E-state index in [1.807, 2.05) is 0 Å². The second-order valence-electron chi connectivity index (χ2n) is 7.73. The van der Waals surface area contributed by atoms with E-state index < -0.39 is 34.9 Å². The van der Waals surface area contributed by atoms with Crippen LogP contribution in [0.25, 0.3) is 0 Å². The summed E-state index contributed by atoms with van der Waals surface area (Å²) in [5, 5.41) is 20.2. The molecule has 0 bridgehead atoms. The molecule has 0 saturated heterocycles. The van der Waals surface area contributed by atoms with Crippen LogP contribution in [0.4, 0.5) is 22.7 Å². The number of aliphatic imine (C=N–C) groups is 4. The summed E-state index contributed by atoms with van der Waals surface area (Å²) in [5.41, 5.74) is -4.66. The van der Waals surface area contributed by atoms with Crippen molar-refractivity contribution in [2.24, 2.45) is 20.0 Å². The number of hydrogen-bond donors (Lipinski definition) is 2. The molecule has 0 unspecified atom stereocenters. The summed E-state index contributed by atoms with van der Waals surface area (Å²) in [6, 6.07) is 6.58. The van der Waals surface area contributed by atoms with Crippen LogP contribution in [0.15, 0.2) is 56.4 Å². The molecule has 2 aromatic rings. The molecular weight excluding hydrogens is 544 g/mol. The fourth-order valence-electron chi connectivity index (χ4n) is 3.36. The van der Waals surface area contributed by atoms with Crippen LogP contribution in [0.1, 0.15) is 20.7 Å². The highest BCUT2D eigenvalue weighted by atomic mass is 16.5. The minimum absolute atomic E-state index is 0.0287. The smallest absolute Gasteiger partial charge is 0.240 e. The lowest BCUT2D eigenvalue weighted by Crippen LogP contribution is -2.51. The van der Waals surface area contributed by atoms with Gasteiger partial charge in [-0.1, -0.05) is 0 Å². The number of ketones is 2. The maximum atomic E-state index is 13.7. The molecule has 0 radical (unpaired) electrons. The molecule has 0 heterocycles. The average Bonchev–Trinajstić information content (AvgIpc) is 2.96. The molecular formula is C26H22N4O11. The number of hydrogen-bond acceptors (Lipinski definition) is 15. The molecule has 2 N–H and O–H groups in total. The van der Waals surface area contributed by atoms with Crippen LogP contribution in [-0.2, 0) is 33.4 Å². The second-order valence-corrected chi connectivity index (χ2v) is 7.73. The quantitative estimate of drug-likeness (QED) is 0.0863. The van der Waals surface area contributed by atoms with Crippen molar-refractivity contribution >= 4 is 58.6 Å². The van der Waals surface area contributed by atoms with Gasteiger partial charge in [-0.3, -0.25) is 9.59 Å². The Morgan fingerprint density at radius 3 is 1.49 bits per heavy atom. The summed E-state index contributed by atoms with van der Waals surface area (Å²) >= 11 is 0. The first kappa shape index (κ1) is 32.3.